The summed E-state index contributed by atoms with van der Waals surface area (Å²) in [6.07, 6.45) is 4.76. The van der Waals surface area contributed by atoms with E-state index >= 15 is 0 Å². The Hall–Kier alpha value is -3.09. The van der Waals surface area contributed by atoms with Gasteiger partial charge in [-0.2, -0.15) is 4.98 Å². The zero-order chi connectivity index (χ0) is 17.4. The van der Waals surface area contributed by atoms with Gasteiger partial charge in [0.25, 0.3) is 5.91 Å². The van der Waals surface area contributed by atoms with Crippen molar-refractivity contribution < 1.29 is 9.32 Å². The van der Waals surface area contributed by atoms with Crippen LogP contribution in [0.2, 0.25) is 0 Å². The number of carbonyl (C=O) groups excluding carboxylic acids is 1. The van der Waals surface area contributed by atoms with Gasteiger partial charge in [0.2, 0.25) is 11.7 Å². The Bertz CT molecular complexity index is 896. The van der Waals surface area contributed by atoms with Gasteiger partial charge in [0.05, 0.1) is 12.1 Å². The molecule has 1 saturated heterocycles. The molecule has 0 unspecified atom stereocenters. The third-order valence-corrected chi connectivity index (χ3v) is 4.22. The molecule has 25 heavy (non-hydrogen) atoms. The number of benzene rings is 1. The molecule has 3 heterocycles. The van der Waals surface area contributed by atoms with E-state index in [4.69, 9.17) is 4.52 Å². The lowest BCUT2D eigenvalue weighted by molar-refractivity contribution is 0.0569. The van der Waals surface area contributed by atoms with E-state index in [1.54, 1.807) is 23.5 Å². The number of amides is 1. The molecule has 1 aromatic carbocycles. The minimum atomic E-state index is 0.0386. The van der Waals surface area contributed by atoms with E-state index in [-0.39, 0.29) is 11.8 Å². The number of likely N-dealkylation sites (tertiary alicyclic amines) is 1. The fraction of sp³-hybridized carbons (Fsp3) is 0.278. The number of nitrogens with zero attached hydrogens (tertiary/aromatic N) is 5. The van der Waals surface area contributed by atoms with Crippen LogP contribution in [-0.4, -0.2) is 44.0 Å². The maximum atomic E-state index is 12.6. The van der Waals surface area contributed by atoms with Gasteiger partial charge in [-0.3, -0.25) is 9.78 Å². The van der Waals surface area contributed by atoms with Crippen LogP contribution in [0.15, 0.2) is 41.3 Å². The van der Waals surface area contributed by atoms with Crippen molar-refractivity contribution in [3.05, 3.63) is 59.4 Å². The highest BCUT2D eigenvalue weighted by Gasteiger charge is 2.36. The molecule has 2 aromatic heterocycles. The normalized spacial score (nSPS) is 14.4. The molecule has 7 heteroatoms. The predicted molar refractivity (Wildman–Crippen MR) is 89.9 cm³/mol. The lowest BCUT2D eigenvalue weighted by Gasteiger charge is -2.37. The third-order valence-electron chi connectivity index (χ3n) is 4.22. The predicted octanol–water partition coefficient (Wildman–Crippen LogP) is 2.38. The van der Waals surface area contributed by atoms with Crippen molar-refractivity contribution in [3.8, 4) is 11.5 Å². The average molecular weight is 335 g/mol. The van der Waals surface area contributed by atoms with Crippen LogP contribution >= 0.6 is 0 Å². The first-order chi connectivity index (χ1) is 12.1. The van der Waals surface area contributed by atoms with Crippen molar-refractivity contribution in [3.63, 3.8) is 0 Å². The highest BCUT2D eigenvalue weighted by atomic mass is 16.5. The van der Waals surface area contributed by atoms with Crippen LogP contribution in [0.3, 0.4) is 0 Å². The van der Waals surface area contributed by atoms with E-state index in [9.17, 15) is 4.79 Å². The van der Waals surface area contributed by atoms with Crippen LogP contribution < -0.4 is 0 Å². The molecule has 0 saturated carbocycles. The molecular formula is C18H17N5O2. The Morgan fingerprint density at radius 1 is 1.16 bits per heavy atom. The SMILES string of the molecule is Cc1cc(C)cc(C(=O)N2CC(c3nc(-c4cnccn4)no3)C2)c1. The summed E-state index contributed by atoms with van der Waals surface area (Å²) < 4.78 is 5.33. The summed E-state index contributed by atoms with van der Waals surface area (Å²) in [6.45, 7) is 5.14. The molecular weight excluding hydrogens is 318 g/mol. The standard InChI is InChI=1S/C18H17N5O2/c1-11-5-12(2)7-13(6-11)18(24)23-9-14(10-23)17-21-16(22-25-17)15-8-19-3-4-20-15/h3-8,14H,9-10H2,1-2H3. The van der Waals surface area contributed by atoms with Crippen LogP contribution in [-0.2, 0) is 0 Å². The van der Waals surface area contributed by atoms with Crippen molar-refractivity contribution >= 4 is 5.91 Å². The molecule has 1 aliphatic rings. The second kappa shape index (κ2) is 6.08. The van der Waals surface area contributed by atoms with Crippen LogP contribution in [0.4, 0.5) is 0 Å². The van der Waals surface area contributed by atoms with Gasteiger partial charge in [0, 0.05) is 31.0 Å². The monoisotopic (exact) mass is 335 g/mol. The van der Waals surface area contributed by atoms with E-state index < -0.39 is 0 Å². The summed E-state index contributed by atoms with van der Waals surface area (Å²) in [7, 11) is 0. The number of carbonyl (C=O) groups is 1. The fourth-order valence-corrected chi connectivity index (χ4v) is 3.00. The quantitative estimate of drug-likeness (QED) is 0.730. The second-order valence-electron chi connectivity index (χ2n) is 6.33. The van der Waals surface area contributed by atoms with Crippen LogP contribution in [0.25, 0.3) is 11.5 Å². The zero-order valence-electron chi connectivity index (χ0n) is 14.0. The Kier molecular flexibility index (Phi) is 3.76. The van der Waals surface area contributed by atoms with Crippen molar-refractivity contribution in [1.82, 2.24) is 25.0 Å². The Labute approximate surface area is 144 Å². The number of hydrogen-bond acceptors (Lipinski definition) is 6. The van der Waals surface area contributed by atoms with Crippen LogP contribution in [0, 0.1) is 13.8 Å². The van der Waals surface area contributed by atoms with Gasteiger partial charge in [0.1, 0.15) is 5.69 Å². The first-order valence-electron chi connectivity index (χ1n) is 8.08. The van der Waals surface area contributed by atoms with Gasteiger partial charge in [-0.25, -0.2) is 4.98 Å². The van der Waals surface area contributed by atoms with Gasteiger partial charge >= 0.3 is 0 Å². The minimum absolute atomic E-state index is 0.0386. The molecule has 0 spiro atoms. The average Bonchev–Trinajstić information content (AvgIpc) is 3.03. The Morgan fingerprint density at radius 3 is 2.60 bits per heavy atom. The highest BCUT2D eigenvalue weighted by molar-refractivity contribution is 5.95. The maximum absolute atomic E-state index is 12.6. The molecule has 3 aromatic rings. The number of hydrogen-bond donors (Lipinski definition) is 0. The molecule has 126 valence electrons. The summed E-state index contributed by atoms with van der Waals surface area (Å²) in [5.74, 6) is 1.05. The topological polar surface area (TPSA) is 85.0 Å². The van der Waals surface area contributed by atoms with Gasteiger partial charge in [0.15, 0.2) is 0 Å². The molecule has 4 rings (SSSR count). The van der Waals surface area contributed by atoms with Gasteiger partial charge < -0.3 is 9.42 Å². The number of aromatic nitrogens is 4. The van der Waals surface area contributed by atoms with E-state index in [0.717, 1.165) is 16.7 Å². The first-order valence-corrected chi connectivity index (χ1v) is 8.08. The fourth-order valence-electron chi connectivity index (χ4n) is 3.00. The largest absolute Gasteiger partial charge is 0.338 e. The summed E-state index contributed by atoms with van der Waals surface area (Å²) in [6, 6.07) is 5.89. The lowest BCUT2D eigenvalue weighted by Crippen LogP contribution is -2.48. The van der Waals surface area contributed by atoms with Gasteiger partial charge in [-0.15, -0.1) is 0 Å². The molecule has 0 atom stereocenters. The Morgan fingerprint density at radius 2 is 1.92 bits per heavy atom. The van der Waals surface area contributed by atoms with Crippen LogP contribution in [0.1, 0.15) is 33.3 Å². The number of rotatable bonds is 3. The molecule has 1 fully saturated rings. The summed E-state index contributed by atoms with van der Waals surface area (Å²) in [5.41, 5.74) is 3.47. The molecule has 0 bridgehead atoms. The van der Waals surface area contributed by atoms with E-state index in [1.165, 1.54) is 0 Å². The summed E-state index contributed by atoms with van der Waals surface area (Å²) >= 11 is 0. The number of aryl methyl sites for hydroxylation is 2. The third kappa shape index (κ3) is 3.00. The lowest BCUT2D eigenvalue weighted by atomic mass is 9.98. The second-order valence-corrected chi connectivity index (χ2v) is 6.33. The first kappa shape index (κ1) is 15.4. The molecule has 1 amide bonds. The molecule has 0 aliphatic carbocycles. The van der Waals surface area contributed by atoms with Gasteiger partial charge in [-0.05, 0) is 26.0 Å². The van der Waals surface area contributed by atoms with Crippen molar-refractivity contribution in [1.29, 1.82) is 0 Å². The minimum Gasteiger partial charge on any atom is -0.338 e. The van der Waals surface area contributed by atoms with Crippen molar-refractivity contribution in [2.24, 2.45) is 0 Å². The van der Waals surface area contributed by atoms with E-state index in [1.807, 2.05) is 26.0 Å². The van der Waals surface area contributed by atoms with Gasteiger partial charge in [-0.1, -0.05) is 22.3 Å². The van der Waals surface area contributed by atoms with E-state index in [2.05, 4.69) is 26.2 Å². The zero-order valence-corrected chi connectivity index (χ0v) is 14.0. The molecule has 1 aliphatic heterocycles. The van der Waals surface area contributed by atoms with E-state index in [0.29, 0.717) is 30.5 Å². The van der Waals surface area contributed by atoms with Crippen LogP contribution in [0.5, 0.6) is 0 Å². The Balaban J connectivity index is 1.44. The molecule has 0 N–H and O–H groups in total. The summed E-state index contributed by atoms with van der Waals surface area (Å²) in [4.78, 5) is 26.9. The van der Waals surface area contributed by atoms with Crippen molar-refractivity contribution in [2.45, 2.75) is 19.8 Å². The molecule has 7 nitrogen and oxygen atoms in total. The smallest absolute Gasteiger partial charge is 0.253 e. The van der Waals surface area contributed by atoms with Crippen molar-refractivity contribution in [2.75, 3.05) is 13.1 Å². The maximum Gasteiger partial charge on any atom is 0.253 e. The molecule has 0 radical (unpaired) electrons. The summed E-state index contributed by atoms with van der Waals surface area (Å²) in [5, 5.41) is 3.95. The highest BCUT2D eigenvalue weighted by Crippen LogP contribution is 2.28.